The minimum Gasteiger partial charge on any atom is -0.340 e. The molecule has 0 aliphatic heterocycles. The zero-order valence-corrected chi connectivity index (χ0v) is 15.6. The summed E-state index contributed by atoms with van der Waals surface area (Å²) in [4.78, 5) is 14.1. The normalized spacial score (nSPS) is 11.9. The van der Waals surface area contributed by atoms with Crippen LogP contribution < -0.4 is 5.73 Å². The molecule has 1 aromatic carbocycles. The molecule has 0 aliphatic carbocycles. The highest BCUT2D eigenvalue weighted by molar-refractivity contribution is 5.93. The molecule has 2 aromatic rings. The molecule has 6 heteroatoms. The molecule has 0 saturated carbocycles. The fourth-order valence-electron chi connectivity index (χ4n) is 2.29. The van der Waals surface area contributed by atoms with E-state index in [0.29, 0.717) is 18.2 Å². The lowest BCUT2D eigenvalue weighted by Gasteiger charge is -2.21. The van der Waals surface area contributed by atoms with Crippen molar-refractivity contribution in [2.75, 3.05) is 13.6 Å². The number of hydrogen-bond donors (Lipinski definition) is 2. The van der Waals surface area contributed by atoms with Crippen LogP contribution in [0.15, 0.2) is 30.3 Å². The van der Waals surface area contributed by atoms with Crippen LogP contribution in [0.3, 0.4) is 0 Å². The molecule has 24 heavy (non-hydrogen) atoms. The molecule has 5 nitrogen and oxygen atoms in total. The number of halogens is 1. The topological polar surface area (TPSA) is 75.0 Å². The van der Waals surface area contributed by atoms with Gasteiger partial charge < -0.3 is 10.6 Å². The van der Waals surface area contributed by atoms with Crippen molar-refractivity contribution in [3.05, 3.63) is 41.6 Å². The predicted octanol–water partition coefficient (Wildman–Crippen LogP) is 3.25. The van der Waals surface area contributed by atoms with E-state index >= 15 is 0 Å². The molecule has 1 amide bonds. The molecule has 3 N–H and O–H groups in total. The van der Waals surface area contributed by atoms with Crippen LogP contribution in [-0.2, 0) is 0 Å². The molecule has 1 atom stereocenters. The van der Waals surface area contributed by atoms with Gasteiger partial charge in [0.05, 0.1) is 5.69 Å². The van der Waals surface area contributed by atoms with Crippen LogP contribution in [0.1, 0.15) is 36.3 Å². The van der Waals surface area contributed by atoms with Crippen LogP contribution in [0.4, 0.5) is 0 Å². The molecule has 2 rings (SSSR count). The molecule has 0 radical (unpaired) electrons. The van der Waals surface area contributed by atoms with E-state index < -0.39 is 0 Å². The Labute approximate surface area is 150 Å². The van der Waals surface area contributed by atoms with Crippen molar-refractivity contribution in [1.82, 2.24) is 15.1 Å². The van der Waals surface area contributed by atoms with Crippen molar-refractivity contribution in [3.63, 3.8) is 0 Å². The Kier molecular flexibility index (Phi) is 7.45. The summed E-state index contributed by atoms with van der Waals surface area (Å²) in [7, 11) is 1.79. The highest BCUT2D eigenvalue weighted by Crippen LogP contribution is 2.18. The first-order valence-corrected chi connectivity index (χ1v) is 8.02. The van der Waals surface area contributed by atoms with E-state index in [-0.39, 0.29) is 24.4 Å². The molecule has 1 aromatic heterocycles. The van der Waals surface area contributed by atoms with Gasteiger partial charge in [0.15, 0.2) is 0 Å². The van der Waals surface area contributed by atoms with E-state index in [0.717, 1.165) is 17.7 Å². The van der Waals surface area contributed by atoms with Crippen molar-refractivity contribution in [3.8, 4) is 11.3 Å². The molecule has 0 bridgehead atoms. The first-order chi connectivity index (χ1) is 10.9. The summed E-state index contributed by atoms with van der Waals surface area (Å²) in [6.07, 6.45) is 0.791. The van der Waals surface area contributed by atoms with E-state index in [1.807, 2.05) is 31.2 Å². The maximum atomic E-state index is 12.4. The Balaban J connectivity index is 0.00000288. The maximum Gasteiger partial charge on any atom is 0.271 e. The fourth-order valence-corrected chi connectivity index (χ4v) is 2.29. The van der Waals surface area contributed by atoms with Crippen molar-refractivity contribution in [2.24, 2.45) is 11.7 Å². The number of aromatic nitrogens is 2. The summed E-state index contributed by atoms with van der Waals surface area (Å²) in [5.41, 5.74) is 9.51. The number of nitrogens with two attached hydrogens (primary N) is 1. The number of rotatable bonds is 6. The van der Waals surface area contributed by atoms with Gasteiger partial charge in [-0.25, -0.2) is 0 Å². The minimum absolute atomic E-state index is 0. The maximum absolute atomic E-state index is 12.4. The number of H-pyrrole nitrogens is 1. The zero-order valence-electron chi connectivity index (χ0n) is 14.7. The molecule has 0 spiro atoms. The third-order valence-electron chi connectivity index (χ3n) is 4.16. The lowest BCUT2D eigenvalue weighted by molar-refractivity contribution is 0.0783. The van der Waals surface area contributed by atoms with Gasteiger partial charge >= 0.3 is 0 Å². The fraction of sp³-hybridized carbons (Fsp3) is 0.444. The van der Waals surface area contributed by atoms with Gasteiger partial charge in [0, 0.05) is 25.2 Å². The van der Waals surface area contributed by atoms with E-state index in [4.69, 9.17) is 5.73 Å². The number of nitrogens with zero attached hydrogens (tertiary/aromatic N) is 2. The second kappa shape index (κ2) is 8.85. The first kappa shape index (κ1) is 20.2. The first-order valence-electron chi connectivity index (χ1n) is 8.02. The smallest absolute Gasteiger partial charge is 0.271 e. The second-order valence-corrected chi connectivity index (χ2v) is 6.46. The number of benzene rings is 1. The number of nitrogens with one attached hydrogen (secondary N) is 1. The quantitative estimate of drug-likeness (QED) is 0.839. The number of hydrogen-bond acceptors (Lipinski definition) is 3. The van der Waals surface area contributed by atoms with Gasteiger partial charge in [-0.3, -0.25) is 9.89 Å². The summed E-state index contributed by atoms with van der Waals surface area (Å²) in [5, 5.41) is 7.08. The lowest BCUT2D eigenvalue weighted by Crippen LogP contribution is -2.34. The van der Waals surface area contributed by atoms with E-state index in [9.17, 15) is 4.79 Å². The van der Waals surface area contributed by atoms with Gasteiger partial charge in [0.1, 0.15) is 5.69 Å². The molecule has 1 heterocycles. The summed E-state index contributed by atoms with van der Waals surface area (Å²) < 4.78 is 0. The number of carbonyl (C=O) groups is 1. The third-order valence-corrected chi connectivity index (χ3v) is 4.16. The van der Waals surface area contributed by atoms with Gasteiger partial charge in [-0.1, -0.05) is 43.7 Å². The average Bonchev–Trinajstić information content (AvgIpc) is 3.01. The Hall–Kier alpha value is -1.85. The summed E-state index contributed by atoms with van der Waals surface area (Å²) in [6.45, 7) is 6.86. The third kappa shape index (κ3) is 5.08. The second-order valence-electron chi connectivity index (χ2n) is 6.46. The van der Waals surface area contributed by atoms with Crippen molar-refractivity contribution < 1.29 is 4.79 Å². The number of carbonyl (C=O) groups excluding carboxylic acids is 1. The van der Waals surface area contributed by atoms with Crippen molar-refractivity contribution in [2.45, 2.75) is 33.2 Å². The summed E-state index contributed by atoms with van der Waals surface area (Å²) in [6, 6.07) is 9.98. The molecule has 132 valence electrons. The molecular weight excluding hydrogens is 324 g/mol. The molecule has 0 aliphatic rings. The number of aromatic amines is 1. The standard InChI is InChI=1S/C18H26N4O.ClH/c1-12(2)15(19)9-10-22(4)18(23)17-11-16(20-21-17)14-7-5-13(3)6-8-14;/h5-8,11-12,15H,9-10,19H2,1-4H3,(H,20,21);1H. The molecular formula is C18H27ClN4O. The van der Waals surface area contributed by atoms with Gasteiger partial charge in [-0.2, -0.15) is 5.10 Å². The zero-order chi connectivity index (χ0) is 17.0. The number of aryl methyl sites for hydroxylation is 1. The Morgan fingerprint density at radius 1 is 1.29 bits per heavy atom. The van der Waals surface area contributed by atoms with Gasteiger partial charge in [0.2, 0.25) is 0 Å². The van der Waals surface area contributed by atoms with Crippen LogP contribution in [0.5, 0.6) is 0 Å². The highest BCUT2D eigenvalue weighted by atomic mass is 35.5. The van der Waals surface area contributed by atoms with Crippen LogP contribution in [0, 0.1) is 12.8 Å². The van der Waals surface area contributed by atoms with Gasteiger partial charge in [0.25, 0.3) is 5.91 Å². The number of amides is 1. The molecule has 0 saturated heterocycles. The van der Waals surface area contributed by atoms with E-state index in [1.54, 1.807) is 18.0 Å². The van der Waals surface area contributed by atoms with Crippen LogP contribution in [-0.4, -0.2) is 40.6 Å². The summed E-state index contributed by atoms with van der Waals surface area (Å²) in [5.74, 6) is 0.352. The average molecular weight is 351 g/mol. The minimum atomic E-state index is -0.0631. The Bertz CT molecular complexity index is 651. The largest absolute Gasteiger partial charge is 0.340 e. The highest BCUT2D eigenvalue weighted by Gasteiger charge is 2.17. The van der Waals surface area contributed by atoms with Crippen LogP contribution >= 0.6 is 12.4 Å². The van der Waals surface area contributed by atoms with Gasteiger partial charge in [-0.05, 0) is 25.3 Å². The van der Waals surface area contributed by atoms with Crippen LogP contribution in [0.2, 0.25) is 0 Å². The lowest BCUT2D eigenvalue weighted by atomic mass is 10.0. The van der Waals surface area contributed by atoms with E-state index in [2.05, 4.69) is 24.0 Å². The monoisotopic (exact) mass is 350 g/mol. The van der Waals surface area contributed by atoms with Crippen molar-refractivity contribution >= 4 is 18.3 Å². The Morgan fingerprint density at radius 3 is 2.50 bits per heavy atom. The SMILES string of the molecule is Cc1ccc(-c2cc(C(=O)N(C)CCC(N)C(C)C)[nH]n2)cc1.Cl. The van der Waals surface area contributed by atoms with Crippen LogP contribution in [0.25, 0.3) is 11.3 Å². The Morgan fingerprint density at radius 2 is 1.92 bits per heavy atom. The predicted molar refractivity (Wildman–Crippen MR) is 100 cm³/mol. The van der Waals surface area contributed by atoms with Gasteiger partial charge in [-0.15, -0.1) is 12.4 Å². The summed E-state index contributed by atoms with van der Waals surface area (Å²) >= 11 is 0. The molecule has 1 unspecified atom stereocenters. The van der Waals surface area contributed by atoms with E-state index in [1.165, 1.54) is 5.56 Å². The van der Waals surface area contributed by atoms with Crippen molar-refractivity contribution in [1.29, 1.82) is 0 Å². The molecule has 0 fully saturated rings.